The highest BCUT2D eigenvalue weighted by atomic mass is 16.5. The van der Waals surface area contributed by atoms with Crippen molar-refractivity contribution in [2.24, 2.45) is 0 Å². The highest BCUT2D eigenvalue weighted by molar-refractivity contribution is 6.07. The van der Waals surface area contributed by atoms with E-state index < -0.39 is 5.54 Å². The van der Waals surface area contributed by atoms with Crippen LogP contribution in [-0.2, 0) is 16.8 Å². The highest BCUT2D eigenvalue weighted by Gasteiger charge is 2.53. The van der Waals surface area contributed by atoms with E-state index in [1.165, 1.54) is 4.90 Å². The number of benzene rings is 2. The summed E-state index contributed by atoms with van der Waals surface area (Å²) in [4.78, 5) is 27.2. The number of amides is 3. The van der Waals surface area contributed by atoms with E-state index in [1.54, 1.807) is 0 Å². The van der Waals surface area contributed by atoms with Gasteiger partial charge in [0.15, 0.2) is 0 Å². The van der Waals surface area contributed by atoms with Crippen molar-refractivity contribution in [3.63, 3.8) is 0 Å². The van der Waals surface area contributed by atoms with Crippen molar-refractivity contribution in [1.29, 1.82) is 0 Å². The molecule has 0 radical (unpaired) electrons. The molecule has 1 saturated heterocycles. The summed E-state index contributed by atoms with van der Waals surface area (Å²) in [5.41, 5.74) is 2.29. The van der Waals surface area contributed by atoms with Gasteiger partial charge in [-0.3, -0.25) is 9.69 Å². The van der Waals surface area contributed by atoms with Gasteiger partial charge in [-0.2, -0.15) is 0 Å². The van der Waals surface area contributed by atoms with Gasteiger partial charge in [0.2, 0.25) is 0 Å². The first-order valence-corrected chi connectivity index (χ1v) is 9.52. The zero-order chi connectivity index (χ0) is 18.9. The molecule has 140 valence electrons. The van der Waals surface area contributed by atoms with Crippen LogP contribution in [0.15, 0.2) is 48.5 Å². The first-order chi connectivity index (χ1) is 13.1. The Hall–Kier alpha value is -2.82. The van der Waals surface area contributed by atoms with E-state index in [2.05, 4.69) is 11.4 Å². The van der Waals surface area contributed by atoms with Crippen molar-refractivity contribution in [2.75, 3.05) is 13.2 Å². The molecule has 1 heterocycles. The van der Waals surface area contributed by atoms with Crippen LogP contribution in [0.5, 0.6) is 5.75 Å². The number of carbonyl (C=O) groups is 2. The molecule has 1 spiro atoms. The Bertz CT molecular complexity index is 879. The Labute approximate surface area is 159 Å². The van der Waals surface area contributed by atoms with Crippen LogP contribution in [0.2, 0.25) is 0 Å². The third-order valence-corrected chi connectivity index (χ3v) is 5.47. The number of carbonyl (C=O) groups excluding carboxylic acids is 2. The molecule has 2 aromatic carbocycles. The molecule has 1 atom stereocenters. The van der Waals surface area contributed by atoms with Gasteiger partial charge in [-0.25, -0.2) is 4.79 Å². The Balaban J connectivity index is 1.52. The summed E-state index contributed by atoms with van der Waals surface area (Å²) in [6, 6.07) is 15.4. The molecule has 2 aromatic rings. The smallest absolute Gasteiger partial charge is 0.325 e. The van der Waals surface area contributed by atoms with Crippen molar-refractivity contribution in [3.05, 3.63) is 65.2 Å². The normalized spacial score (nSPS) is 21.7. The number of nitrogens with zero attached hydrogens (tertiary/aromatic N) is 1. The average molecular weight is 364 g/mol. The van der Waals surface area contributed by atoms with Crippen LogP contribution in [-0.4, -0.2) is 30.0 Å². The number of hydrogen-bond donors (Lipinski definition) is 1. The second-order valence-corrected chi connectivity index (χ2v) is 7.32. The Morgan fingerprint density at radius 2 is 1.96 bits per heavy atom. The molecule has 0 bridgehead atoms. The van der Waals surface area contributed by atoms with Gasteiger partial charge in [0.25, 0.3) is 5.91 Å². The molecule has 1 fully saturated rings. The molecule has 1 aliphatic carbocycles. The minimum atomic E-state index is -0.923. The molecule has 5 nitrogen and oxygen atoms in total. The first kappa shape index (κ1) is 17.6. The second kappa shape index (κ2) is 7.06. The van der Waals surface area contributed by atoms with Gasteiger partial charge in [0, 0.05) is 0 Å². The summed E-state index contributed by atoms with van der Waals surface area (Å²) in [5, 5.41) is 3.00. The van der Waals surface area contributed by atoms with E-state index in [-0.39, 0.29) is 25.1 Å². The third-order valence-electron chi connectivity index (χ3n) is 5.47. The fraction of sp³-hybridized carbons (Fsp3) is 0.364. The van der Waals surface area contributed by atoms with Crippen LogP contribution in [0, 0.1) is 6.92 Å². The lowest BCUT2D eigenvalue weighted by atomic mass is 9.84. The SMILES string of the molecule is Cc1cccc(OCCN2C(=O)NC3(CCCCc4ccccc43)C2=O)c1. The number of imide groups is 1. The molecule has 0 aromatic heterocycles. The van der Waals surface area contributed by atoms with E-state index in [0.717, 1.165) is 41.7 Å². The van der Waals surface area contributed by atoms with Gasteiger partial charge in [0.05, 0.1) is 6.54 Å². The van der Waals surface area contributed by atoms with E-state index in [9.17, 15) is 9.59 Å². The van der Waals surface area contributed by atoms with Gasteiger partial charge in [-0.1, -0.05) is 36.4 Å². The quantitative estimate of drug-likeness (QED) is 0.844. The summed E-state index contributed by atoms with van der Waals surface area (Å²) in [6.45, 7) is 2.51. The highest BCUT2D eigenvalue weighted by Crippen LogP contribution is 2.38. The van der Waals surface area contributed by atoms with Crippen LogP contribution in [0.4, 0.5) is 4.79 Å². The van der Waals surface area contributed by atoms with Crippen LogP contribution in [0.3, 0.4) is 0 Å². The summed E-state index contributed by atoms with van der Waals surface area (Å²) in [5.74, 6) is 0.589. The second-order valence-electron chi connectivity index (χ2n) is 7.32. The third kappa shape index (κ3) is 3.18. The molecule has 5 heteroatoms. The Morgan fingerprint density at radius 3 is 2.81 bits per heavy atom. The van der Waals surface area contributed by atoms with Gasteiger partial charge in [-0.15, -0.1) is 0 Å². The lowest BCUT2D eigenvalue weighted by molar-refractivity contribution is -0.132. The number of hydrogen-bond acceptors (Lipinski definition) is 3. The molecule has 2 aliphatic rings. The first-order valence-electron chi connectivity index (χ1n) is 9.52. The number of rotatable bonds is 4. The van der Waals surface area contributed by atoms with E-state index in [4.69, 9.17) is 4.74 Å². The van der Waals surface area contributed by atoms with Crippen molar-refractivity contribution in [2.45, 2.75) is 38.1 Å². The van der Waals surface area contributed by atoms with Crippen molar-refractivity contribution < 1.29 is 14.3 Å². The molecule has 1 aliphatic heterocycles. The Morgan fingerprint density at radius 1 is 1.11 bits per heavy atom. The van der Waals surface area contributed by atoms with Crippen LogP contribution in [0.1, 0.15) is 36.0 Å². The van der Waals surface area contributed by atoms with Gasteiger partial charge in [0.1, 0.15) is 17.9 Å². The molecule has 1 unspecified atom stereocenters. The van der Waals surface area contributed by atoms with E-state index >= 15 is 0 Å². The summed E-state index contributed by atoms with van der Waals surface area (Å²) in [7, 11) is 0. The molecular formula is C22H24N2O3. The number of nitrogens with one attached hydrogen (secondary N) is 1. The predicted octanol–water partition coefficient (Wildman–Crippen LogP) is 3.55. The lowest BCUT2D eigenvalue weighted by Gasteiger charge is -2.27. The number of ether oxygens (including phenoxy) is 1. The van der Waals surface area contributed by atoms with E-state index in [0.29, 0.717) is 6.42 Å². The van der Waals surface area contributed by atoms with Gasteiger partial charge < -0.3 is 10.1 Å². The standard InChI is InChI=1S/C22H24N2O3/c1-16-7-6-10-18(15-16)27-14-13-24-20(25)22(23-21(24)26)12-5-4-9-17-8-2-3-11-19(17)22/h2-3,6-8,10-11,15H,4-5,9,12-14H2,1H3,(H,23,26). The average Bonchev–Trinajstić information content (AvgIpc) is 2.80. The molecule has 3 amide bonds. The van der Waals surface area contributed by atoms with Crippen molar-refractivity contribution in [3.8, 4) is 5.75 Å². The molecular weight excluding hydrogens is 340 g/mol. The largest absolute Gasteiger partial charge is 0.492 e. The summed E-state index contributed by atoms with van der Waals surface area (Å²) in [6.07, 6.45) is 3.52. The zero-order valence-electron chi connectivity index (χ0n) is 15.5. The maximum Gasteiger partial charge on any atom is 0.325 e. The molecule has 1 N–H and O–H groups in total. The Kier molecular flexibility index (Phi) is 4.60. The molecule has 27 heavy (non-hydrogen) atoms. The topological polar surface area (TPSA) is 58.6 Å². The maximum atomic E-state index is 13.3. The summed E-state index contributed by atoms with van der Waals surface area (Å²) >= 11 is 0. The fourth-order valence-electron chi connectivity index (χ4n) is 4.14. The van der Waals surface area contributed by atoms with Crippen molar-refractivity contribution in [1.82, 2.24) is 10.2 Å². The lowest BCUT2D eigenvalue weighted by Crippen LogP contribution is -2.44. The predicted molar refractivity (Wildman–Crippen MR) is 103 cm³/mol. The van der Waals surface area contributed by atoms with Gasteiger partial charge >= 0.3 is 6.03 Å². The van der Waals surface area contributed by atoms with Crippen LogP contribution < -0.4 is 10.1 Å². The summed E-state index contributed by atoms with van der Waals surface area (Å²) < 4.78 is 5.74. The zero-order valence-corrected chi connectivity index (χ0v) is 15.5. The minimum absolute atomic E-state index is 0.158. The minimum Gasteiger partial charge on any atom is -0.492 e. The van der Waals surface area contributed by atoms with E-state index in [1.807, 2.05) is 49.4 Å². The molecule has 4 rings (SSSR count). The van der Waals surface area contributed by atoms with Crippen LogP contribution >= 0.6 is 0 Å². The monoisotopic (exact) mass is 364 g/mol. The van der Waals surface area contributed by atoms with Gasteiger partial charge in [-0.05, 0) is 61.4 Å². The van der Waals surface area contributed by atoms with Crippen molar-refractivity contribution >= 4 is 11.9 Å². The number of aryl methyl sites for hydroxylation is 2. The maximum absolute atomic E-state index is 13.3. The fourth-order valence-corrected chi connectivity index (χ4v) is 4.14. The van der Waals surface area contributed by atoms with Crippen LogP contribution in [0.25, 0.3) is 0 Å². The molecule has 0 saturated carbocycles. The number of urea groups is 1. The number of fused-ring (bicyclic) bond motifs is 2.